The molecule has 3 aromatic heterocycles. The number of imidazole rings is 1. The van der Waals surface area contributed by atoms with Gasteiger partial charge in [0.25, 0.3) is 0 Å². The van der Waals surface area contributed by atoms with Crippen LogP contribution >= 0.6 is 23.4 Å². The van der Waals surface area contributed by atoms with Gasteiger partial charge in [0.2, 0.25) is 5.95 Å². The lowest BCUT2D eigenvalue weighted by atomic mass is 9.73. The molecule has 6 rings (SSSR count). The number of halogens is 1. The summed E-state index contributed by atoms with van der Waals surface area (Å²) in [7, 11) is 0. The van der Waals surface area contributed by atoms with E-state index in [1.807, 2.05) is 43.6 Å². The number of nitrogens with zero attached hydrogens (tertiary/aromatic N) is 5. The number of nitrogens with one attached hydrogen (secondary N) is 1. The molecule has 0 saturated carbocycles. The summed E-state index contributed by atoms with van der Waals surface area (Å²) in [5, 5.41) is 0.436. The molecule has 0 radical (unpaired) electrons. The molecule has 39 heavy (non-hydrogen) atoms. The number of pyridine rings is 1. The minimum atomic E-state index is -1.15. The van der Waals surface area contributed by atoms with Crippen molar-refractivity contribution in [1.82, 2.24) is 24.1 Å². The van der Waals surface area contributed by atoms with Crippen molar-refractivity contribution in [3.63, 3.8) is 0 Å². The Morgan fingerprint density at radius 2 is 1.87 bits per heavy atom. The van der Waals surface area contributed by atoms with Gasteiger partial charge in [0.05, 0.1) is 16.0 Å². The van der Waals surface area contributed by atoms with Gasteiger partial charge < -0.3 is 15.2 Å². The number of hydrogen-bond donors (Lipinski definition) is 2. The van der Waals surface area contributed by atoms with Gasteiger partial charge in [-0.1, -0.05) is 47.6 Å². The molecule has 4 heterocycles. The van der Waals surface area contributed by atoms with Gasteiger partial charge in [-0.2, -0.15) is 0 Å². The normalized spacial score (nSPS) is 19.5. The van der Waals surface area contributed by atoms with E-state index in [1.54, 1.807) is 12.4 Å². The first-order chi connectivity index (χ1) is 18.7. The zero-order valence-electron chi connectivity index (χ0n) is 22.2. The van der Waals surface area contributed by atoms with E-state index in [4.69, 9.17) is 22.3 Å². The van der Waals surface area contributed by atoms with Crippen molar-refractivity contribution in [2.75, 3.05) is 23.7 Å². The van der Waals surface area contributed by atoms with Crippen LogP contribution in [0.3, 0.4) is 0 Å². The van der Waals surface area contributed by atoms with E-state index in [0.29, 0.717) is 10.8 Å². The Kier molecular flexibility index (Phi) is 6.96. The number of piperidine rings is 1. The maximum absolute atomic E-state index is 13.2. The molecule has 0 unspecified atom stereocenters. The van der Waals surface area contributed by atoms with Crippen molar-refractivity contribution >= 4 is 52.1 Å². The van der Waals surface area contributed by atoms with Crippen LogP contribution in [0.15, 0.2) is 64.9 Å². The Bertz CT molecular complexity index is 1510. The highest BCUT2D eigenvalue weighted by Gasteiger charge is 2.50. The number of nitrogen functional groups attached to an aromatic ring is 1. The van der Waals surface area contributed by atoms with Crippen LogP contribution in [0.5, 0.6) is 0 Å². The van der Waals surface area contributed by atoms with Crippen molar-refractivity contribution in [3.05, 3.63) is 71.3 Å². The lowest BCUT2D eigenvalue weighted by Gasteiger charge is -2.44. The quantitative estimate of drug-likeness (QED) is 0.300. The SMILES string of the molecule is CC(C)(C)[S@@+]([O-])N[C@@H]1c2ccccc2CC12CCN(c1ncc(Sc3ccnc(N)c3Cl)c3nccn13)CC2. The summed E-state index contributed by atoms with van der Waals surface area (Å²) in [5.41, 5.74) is 9.39. The van der Waals surface area contributed by atoms with Crippen LogP contribution in [0, 0.1) is 5.41 Å². The van der Waals surface area contributed by atoms with Gasteiger partial charge in [0.1, 0.15) is 10.6 Å². The fourth-order valence-electron chi connectivity index (χ4n) is 5.71. The minimum Gasteiger partial charge on any atom is -0.598 e. The van der Waals surface area contributed by atoms with E-state index in [-0.39, 0.29) is 16.2 Å². The Labute approximate surface area is 241 Å². The molecule has 11 heteroatoms. The number of benzene rings is 1. The predicted octanol–water partition coefficient (Wildman–Crippen LogP) is 5.45. The summed E-state index contributed by atoms with van der Waals surface area (Å²) in [5.74, 6) is 1.18. The fraction of sp³-hybridized carbons (Fsp3) is 0.393. The van der Waals surface area contributed by atoms with Crippen molar-refractivity contribution in [2.45, 2.75) is 60.6 Å². The second-order valence-electron chi connectivity index (χ2n) is 11.3. The molecule has 0 amide bonds. The molecule has 204 valence electrons. The third-order valence-electron chi connectivity index (χ3n) is 7.82. The van der Waals surface area contributed by atoms with Crippen LogP contribution in [-0.4, -0.2) is 41.7 Å². The molecule has 2 aliphatic rings. The van der Waals surface area contributed by atoms with Gasteiger partial charge in [-0.25, -0.2) is 15.0 Å². The lowest BCUT2D eigenvalue weighted by molar-refractivity contribution is 0.175. The molecule has 1 aliphatic carbocycles. The molecule has 4 aromatic rings. The van der Waals surface area contributed by atoms with E-state index >= 15 is 0 Å². The fourth-order valence-corrected chi connectivity index (χ4v) is 7.79. The highest BCUT2D eigenvalue weighted by atomic mass is 35.5. The Morgan fingerprint density at radius 3 is 2.64 bits per heavy atom. The maximum Gasteiger partial charge on any atom is 0.211 e. The van der Waals surface area contributed by atoms with Crippen LogP contribution < -0.4 is 15.4 Å². The molecule has 8 nitrogen and oxygen atoms in total. The van der Waals surface area contributed by atoms with E-state index in [0.717, 1.165) is 53.7 Å². The molecular weight excluding hydrogens is 550 g/mol. The molecule has 0 bridgehead atoms. The van der Waals surface area contributed by atoms with Gasteiger partial charge in [-0.15, -0.1) is 4.72 Å². The second-order valence-corrected chi connectivity index (χ2v) is 14.8. The number of aromatic nitrogens is 4. The third-order valence-corrected chi connectivity index (χ3v) is 11.0. The molecule has 1 aliphatic heterocycles. The Balaban J connectivity index is 1.25. The first-order valence-corrected chi connectivity index (χ1v) is 15.4. The molecule has 1 aromatic carbocycles. The maximum atomic E-state index is 13.2. The molecule has 1 saturated heterocycles. The smallest absolute Gasteiger partial charge is 0.211 e. The number of rotatable bonds is 5. The van der Waals surface area contributed by atoms with Crippen LogP contribution in [0.2, 0.25) is 5.02 Å². The van der Waals surface area contributed by atoms with Crippen LogP contribution in [0.4, 0.5) is 11.8 Å². The Morgan fingerprint density at radius 1 is 1.10 bits per heavy atom. The average Bonchev–Trinajstić information content (AvgIpc) is 3.51. The predicted molar refractivity (Wildman–Crippen MR) is 159 cm³/mol. The van der Waals surface area contributed by atoms with Crippen molar-refractivity contribution in [2.24, 2.45) is 5.41 Å². The van der Waals surface area contributed by atoms with E-state index in [9.17, 15) is 4.55 Å². The van der Waals surface area contributed by atoms with Gasteiger partial charge >= 0.3 is 0 Å². The number of fused-ring (bicyclic) bond motifs is 2. The highest BCUT2D eigenvalue weighted by Crippen LogP contribution is 2.53. The van der Waals surface area contributed by atoms with Gasteiger partial charge in [-0.3, -0.25) is 4.40 Å². The molecule has 3 N–H and O–H groups in total. The van der Waals surface area contributed by atoms with Gasteiger partial charge in [0.15, 0.2) is 5.65 Å². The minimum absolute atomic E-state index is 0.0168. The first-order valence-electron chi connectivity index (χ1n) is 13.1. The largest absolute Gasteiger partial charge is 0.598 e. The zero-order chi connectivity index (χ0) is 27.4. The van der Waals surface area contributed by atoms with E-state index in [1.165, 1.54) is 22.9 Å². The summed E-state index contributed by atoms with van der Waals surface area (Å²) in [4.78, 5) is 17.6. The summed E-state index contributed by atoms with van der Waals surface area (Å²) >= 11 is 6.72. The van der Waals surface area contributed by atoms with Gasteiger partial charge in [0, 0.05) is 59.5 Å². The Hall–Kier alpha value is -2.50. The first kappa shape index (κ1) is 26.7. The van der Waals surface area contributed by atoms with E-state index in [2.05, 4.69) is 43.9 Å². The topological polar surface area (TPSA) is 107 Å². The van der Waals surface area contributed by atoms with Gasteiger partial charge in [-0.05, 0) is 57.2 Å². The molecule has 1 fully saturated rings. The second kappa shape index (κ2) is 10.2. The lowest BCUT2D eigenvalue weighted by Crippen LogP contribution is -2.50. The average molecular weight is 582 g/mol. The molecule has 1 spiro atoms. The number of hydrogen-bond acceptors (Lipinski definition) is 8. The number of nitrogens with two attached hydrogens (primary N) is 1. The summed E-state index contributed by atoms with van der Waals surface area (Å²) < 4.78 is 18.5. The van der Waals surface area contributed by atoms with Crippen LogP contribution in [-0.2, 0) is 17.8 Å². The molecular formula is C28H32ClN7OS2. The van der Waals surface area contributed by atoms with Crippen LogP contribution in [0.25, 0.3) is 5.65 Å². The summed E-state index contributed by atoms with van der Waals surface area (Å²) in [6.45, 7) is 7.77. The van der Waals surface area contributed by atoms with Crippen molar-refractivity contribution < 1.29 is 4.55 Å². The summed E-state index contributed by atoms with van der Waals surface area (Å²) in [6.07, 6.45) is 10.2. The zero-order valence-corrected chi connectivity index (χ0v) is 24.6. The van der Waals surface area contributed by atoms with E-state index < -0.39 is 11.4 Å². The standard InChI is InChI=1S/C28H32ClN7OS2/c1-27(2,3)39(37)34-23-19-7-5-4-6-18(19)16-28(23)9-13-35(14-10-28)26-33-17-21(25-32-12-15-36(25)26)38-20-8-11-31-24(30)22(20)29/h4-8,11-12,15,17,23,34H,9-10,13-14,16H2,1-3H3,(H2,30,31)/t23-,39-/m1/s1. The van der Waals surface area contributed by atoms with Crippen molar-refractivity contribution in [3.8, 4) is 0 Å². The van der Waals surface area contributed by atoms with Crippen LogP contribution in [0.1, 0.15) is 50.8 Å². The monoisotopic (exact) mass is 581 g/mol. The number of anilines is 2. The third kappa shape index (κ3) is 4.86. The highest BCUT2D eigenvalue weighted by molar-refractivity contribution is 7.99. The molecule has 2 atom stereocenters. The van der Waals surface area contributed by atoms with Crippen molar-refractivity contribution in [1.29, 1.82) is 0 Å². The summed E-state index contributed by atoms with van der Waals surface area (Å²) in [6, 6.07) is 10.5.